The van der Waals surface area contributed by atoms with Gasteiger partial charge < -0.3 is 19.9 Å². The van der Waals surface area contributed by atoms with E-state index in [0.29, 0.717) is 19.8 Å². The van der Waals surface area contributed by atoms with Gasteiger partial charge in [-0.15, -0.1) is 0 Å². The third kappa shape index (κ3) is 5.76. The molecule has 2 N–H and O–H groups in total. The Morgan fingerprint density at radius 1 is 1.04 bits per heavy atom. The quantitative estimate of drug-likeness (QED) is 0.726. The van der Waals surface area contributed by atoms with Crippen molar-refractivity contribution in [3.8, 4) is 11.5 Å². The first kappa shape index (κ1) is 19.3. The summed E-state index contributed by atoms with van der Waals surface area (Å²) in [6, 6.07) is 14.2. The number of hydrogen-bond acceptors (Lipinski definition) is 4. The lowest BCUT2D eigenvalue weighted by molar-refractivity contribution is 0.187. The van der Waals surface area contributed by atoms with Crippen LogP contribution in [-0.4, -0.2) is 23.9 Å². The van der Waals surface area contributed by atoms with Gasteiger partial charge in [0.1, 0.15) is 6.61 Å². The lowest BCUT2D eigenvalue weighted by Crippen LogP contribution is -2.42. The van der Waals surface area contributed by atoms with Crippen molar-refractivity contribution >= 4 is 0 Å². The Hall–Kier alpha value is -2.04. The smallest absolute Gasteiger partial charge is 0.161 e. The van der Waals surface area contributed by atoms with Gasteiger partial charge in [-0.2, -0.15) is 0 Å². The number of nitrogens with one attached hydrogen (secondary N) is 1. The fourth-order valence-corrected chi connectivity index (χ4v) is 2.37. The van der Waals surface area contributed by atoms with E-state index < -0.39 is 0 Å². The molecule has 0 aromatic heterocycles. The van der Waals surface area contributed by atoms with Gasteiger partial charge in [0.15, 0.2) is 11.5 Å². The maximum absolute atomic E-state index is 9.35. The van der Waals surface area contributed by atoms with Crippen molar-refractivity contribution in [2.24, 2.45) is 0 Å². The van der Waals surface area contributed by atoms with Crippen LogP contribution in [0.3, 0.4) is 0 Å². The highest BCUT2D eigenvalue weighted by atomic mass is 16.5. The molecule has 2 rings (SSSR count). The summed E-state index contributed by atoms with van der Waals surface area (Å²) in [4.78, 5) is 0. The van der Waals surface area contributed by atoms with Gasteiger partial charge in [0.25, 0.3) is 0 Å². The fourth-order valence-electron chi connectivity index (χ4n) is 2.37. The minimum absolute atomic E-state index is 0.0862. The van der Waals surface area contributed by atoms with Crippen LogP contribution in [0.2, 0.25) is 0 Å². The normalized spacial score (nSPS) is 11.4. The maximum Gasteiger partial charge on any atom is 0.161 e. The molecule has 0 amide bonds. The Kier molecular flexibility index (Phi) is 6.85. The number of ether oxygens (including phenoxy) is 2. The summed E-state index contributed by atoms with van der Waals surface area (Å²) in [6.45, 7) is 9.83. The van der Waals surface area contributed by atoms with E-state index in [0.717, 1.165) is 17.1 Å². The molecule has 2 aromatic carbocycles. The molecule has 0 aliphatic rings. The molecule has 0 radical (unpaired) electrons. The zero-order chi connectivity index (χ0) is 18.3. The third-order valence-electron chi connectivity index (χ3n) is 4.12. The van der Waals surface area contributed by atoms with Crippen molar-refractivity contribution in [2.45, 2.75) is 46.4 Å². The molecular formula is C21H29NO3. The summed E-state index contributed by atoms with van der Waals surface area (Å²) in [5, 5.41) is 12.7. The number of aryl methyl sites for hydroxylation is 1. The van der Waals surface area contributed by atoms with Crippen molar-refractivity contribution in [1.82, 2.24) is 5.32 Å². The molecule has 0 unspecified atom stereocenters. The second-order valence-electron chi connectivity index (χ2n) is 6.82. The lowest BCUT2D eigenvalue weighted by atomic mass is 10.1. The van der Waals surface area contributed by atoms with Crippen LogP contribution in [0, 0.1) is 6.92 Å². The number of aliphatic hydroxyl groups excluding tert-OH is 1. The Morgan fingerprint density at radius 2 is 1.80 bits per heavy atom. The highest BCUT2D eigenvalue weighted by Gasteiger charge is 2.15. The molecule has 0 atom stereocenters. The van der Waals surface area contributed by atoms with Gasteiger partial charge >= 0.3 is 0 Å². The summed E-state index contributed by atoms with van der Waals surface area (Å²) in [5.74, 6) is 1.49. The van der Waals surface area contributed by atoms with E-state index in [1.807, 2.05) is 51.1 Å². The van der Waals surface area contributed by atoms with Crippen LogP contribution in [0.25, 0.3) is 0 Å². The highest BCUT2D eigenvalue weighted by molar-refractivity contribution is 5.43. The minimum atomic E-state index is -0.314. The highest BCUT2D eigenvalue weighted by Crippen LogP contribution is 2.29. The van der Waals surface area contributed by atoms with Crippen LogP contribution in [0.4, 0.5) is 0 Å². The molecule has 0 saturated heterocycles. The van der Waals surface area contributed by atoms with Gasteiger partial charge in [-0.05, 0) is 56.5 Å². The second-order valence-corrected chi connectivity index (χ2v) is 6.82. The summed E-state index contributed by atoms with van der Waals surface area (Å²) in [5.41, 5.74) is 3.16. The molecule has 0 aliphatic carbocycles. The Balaban J connectivity index is 2.09. The van der Waals surface area contributed by atoms with Crippen LogP contribution in [-0.2, 0) is 13.2 Å². The van der Waals surface area contributed by atoms with Gasteiger partial charge in [-0.3, -0.25) is 0 Å². The molecule has 2 aromatic rings. The number of aliphatic hydroxyl groups is 1. The molecule has 4 nitrogen and oxygen atoms in total. The third-order valence-corrected chi connectivity index (χ3v) is 4.12. The maximum atomic E-state index is 9.35. The molecule has 136 valence electrons. The molecule has 4 heteroatoms. The Morgan fingerprint density at radius 3 is 2.48 bits per heavy atom. The van der Waals surface area contributed by atoms with Crippen LogP contribution < -0.4 is 14.8 Å². The summed E-state index contributed by atoms with van der Waals surface area (Å²) >= 11 is 0. The van der Waals surface area contributed by atoms with Gasteiger partial charge in [-0.25, -0.2) is 0 Å². The van der Waals surface area contributed by atoms with Crippen molar-refractivity contribution in [3.63, 3.8) is 0 Å². The predicted octanol–water partition coefficient (Wildman–Crippen LogP) is 3.83. The lowest BCUT2D eigenvalue weighted by Gasteiger charge is -2.24. The number of hydrogen-bond donors (Lipinski definition) is 2. The van der Waals surface area contributed by atoms with Crippen molar-refractivity contribution in [2.75, 3.05) is 13.2 Å². The minimum Gasteiger partial charge on any atom is -0.490 e. The monoisotopic (exact) mass is 343 g/mol. The van der Waals surface area contributed by atoms with Crippen LogP contribution >= 0.6 is 0 Å². The zero-order valence-electron chi connectivity index (χ0n) is 15.6. The average Bonchev–Trinajstić information content (AvgIpc) is 2.61. The van der Waals surface area contributed by atoms with Gasteiger partial charge in [0, 0.05) is 12.1 Å². The first-order valence-electron chi connectivity index (χ1n) is 8.74. The number of benzene rings is 2. The number of rotatable bonds is 9. The molecule has 0 saturated carbocycles. The van der Waals surface area contributed by atoms with Crippen LogP contribution in [0.15, 0.2) is 42.5 Å². The first-order valence-corrected chi connectivity index (χ1v) is 8.74. The molecule has 0 heterocycles. The van der Waals surface area contributed by atoms with E-state index in [9.17, 15) is 5.11 Å². The molecule has 0 bridgehead atoms. The van der Waals surface area contributed by atoms with E-state index in [1.165, 1.54) is 11.1 Å². The second kappa shape index (κ2) is 8.88. The van der Waals surface area contributed by atoms with Crippen LogP contribution in [0.1, 0.15) is 37.5 Å². The van der Waals surface area contributed by atoms with Crippen molar-refractivity contribution in [1.29, 1.82) is 0 Å². The zero-order valence-corrected chi connectivity index (χ0v) is 15.6. The molecule has 0 fully saturated rings. The van der Waals surface area contributed by atoms with E-state index in [4.69, 9.17) is 9.47 Å². The van der Waals surface area contributed by atoms with Crippen LogP contribution in [0.5, 0.6) is 11.5 Å². The molecule has 25 heavy (non-hydrogen) atoms. The van der Waals surface area contributed by atoms with E-state index in [1.54, 1.807) is 0 Å². The molecule has 0 spiro atoms. The Bertz CT molecular complexity index is 683. The van der Waals surface area contributed by atoms with E-state index in [2.05, 4.69) is 24.4 Å². The summed E-state index contributed by atoms with van der Waals surface area (Å²) < 4.78 is 11.7. The van der Waals surface area contributed by atoms with Gasteiger partial charge in [-0.1, -0.05) is 30.3 Å². The van der Waals surface area contributed by atoms with Gasteiger partial charge in [0.2, 0.25) is 0 Å². The summed E-state index contributed by atoms with van der Waals surface area (Å²) in [6.07, 6.45) is 0. The van der Waals surface area contributed by atoms with E-state index >= 15 is 0 Å². The Labute approximate surface area is 150 Å². The fraction of sp³-hybridized carbons (Fsp3) is 0.429. The molecule has 0 aliphatic heterocycles. The average molecular weight is 343 g/mol. The summed E-state index contributed by atoms with van der Waals surface area (Å²) in [7, 11) is 0. The van der Waals surface area contributed by atoms with Gasteiger partial charge in [0.05, 0.1) is 13.2 Å². The first-order chi connectivity index (χ1) is 11.9. The SMILES string of the molecule is CCOc1cc(CNC(C)(C)CO)ccc1OCc1ccccc1C. The standard InChI is InChI=1S/C21H29NO3/c1-5-24-20-12-17(13-22-21(3,4)15-23)10-11-19(20)25-14-18-9-7-6-8-16(18)2/h6-12,22-23H,5,13-15H2,1-4H3. The largest absolute Gasteiger partial charge is 0.490 e. The van der Waals surface area contributed by atoms with E-state index in [-0.39, 0.29) is 12.1 Å². The molecular weight excluding hydrogens is 314 g/mol. The predicted molar refractivity (Wildman–Crippen MR) is 101 cm³/mol. The topological polar surface area (TPSA) is 50.7 Å². The van der Waals surface area contributed by atoms with Crippen molar-refractivity contribution in [3.05, 3.63) is 59.2 Å². The van der Waals surface area contributed by atoms with Crippen molar-refractivity contribution < 1.29 is 14.6 Å².